The molecule has 2 aromatic rings. The van der Waals surface area contributed by atoms with Gasteiger partial charge >= 0.3 is 5.97 Å². The molecule has 0 spiro atoms. The van der Waals surface area contributed by atoms with Gasteiger partial charge < -0.3 is 4.74 Å². The van der Waals surface area contributed by atoms with E-state index in [1.807, 2.05) is 13.0 Å². The van der Waals surface area contributed by atoms with Crippen LogP contribution in [-0.2, 0) is 26.0 Å². The molecule has 130 valence electrons. The van der Waals surface area contributed by atoms with E-state index in [0.29, 0.717) is 12.8 Å². The maximum Gasteiger partial charge on any atom is 0.305 e. The van der Waals surface area contributed by atoms with Crippen LogP contribution in [0.3, 0.4) is 0 Å². The number of esters is 1. The highest BCUT2D eigenvalue weighted by molar-refractivity contribution is 7.90. The highest BCUT2D eigenvalue weighted by Gasteiger charge is 2.18. The standard InChI is InChI=1S/C18H23NO4S/c1-15-10-12-17(13-11-15)24(21,22)19-14-6-8-16(19)7-4-3-5-9-18(20)23-2/h6,8,10-14H,3-5,7,9H2,1-2H3. The predicted molar refractivity (Wildman–Crippen MR) is 92.4 cm³/mol. The Labute approximate surface area is 143 Å². The van der Waals surface area contributed by atoms with Gasteiger partial charge in [0, 0.05) is 18.3 Å². The summed E-state index contributed by atoms with van der Waals surface area (Å²) in [7, 11) is -2.18. The van der Waals surface area contributed by atoms with Gasteiger partial charge in [-0.05, 0) is 50.5 Å². The number of hydrogen-bond donors (Lipinski definition) is 0. The summed E-state index contributed by atoms with van der Waals surface area (Å²) in [6.45, 7) is 1.92. The average Bonchev–Trinajstić information content (AvgIpc) is 3.04. The van der Waals surface area contributed by atoms with Crippen LogP contribution in [0.1, 0.15) is 36.9 Å². The van der Waals surface area contributed by atoms with E-state index in [-0.39, 0.29) is 10.9 Å². The summed E-state index contributed by atoms with van der Waals surface area (Å²) < 4.78 is 31.4. The number of aryl methyl sites for hydroxylation is 2. The second-order valence-corrected chi connectivity index (χ2v) is 7.57. The molecule has 1 heterocycles. The van der Waals surface area contributed by atoms with E-state index < -0.39 is 10.0 Å². The first-order valence-electron chi connectivity index (χ1n) is 8.00. The Kier molecular flexibility index (Phi) is 6.20. The molecule has 0 unspecified atom stereocenters. The molecule has 0 bridgehead atoms. The minimum absolute atomic E-state index is 0.208. The second kappa shape index (κ2) is 8.15. The van der Waals surface area contributed by atoms with E-state index in [0.717, 1.165) is 30.5 Å². The van der Waals surface area contributed by atoms with Crippen LogP contribution < -0.4 is 0 Å². The topological polar surface area (TPSA) is 65.4 Å². The van der Waals surface area contributed by atoms with Crippen LogP contribution >= 0.6 is 0 Å². The van der Waals surface area contributed by atoms with Gasteiger partial charge in [-0.3, -0.25) is 4.79 Å². The number of carbonyl (C=O) groups is 1. The van der Waals surface area contributed by atoms with Gasteiger partial charge in [0.2, 0.25) is 0 Å². The number of rotatable bonds is 8. The Morgan fingerprint density at radius 1 is 1.08 bits per heavy atom. The van der Waals surface area contributed by atoms with Crippen molar-refractivity contribution in [1.82, 2.24) is 3.97 Å². The van der Waals surface area contributed by atoms with Crippen molar-refractivity contribution in [2.75, 3.05) is 7.11 Å². The fourth-order valence-electron chi connectivity index (χ4n) is 2.51. The summed E-state index contributed by atoms with van der Waals surface area (Å²) in [5.41, 5.74) is 1.78. The van der Waals surface area contributed by atoms with Gasteiger partial charge in [0.05, 0.1) is 12.0 Å². The zero-order chi connectivity index (χ0) is 17.6. The molecule has 0 aliphatic heterocycles. The first kappa shape index (κ1) is 18.3. The summed E-state index contributed by atoms with van der Waals surface area (Å²) in [6, 6.07) is 10.4. The fraction of sp³-hybridized carbons (Fsp3) is 0.389. The summed E-state index contributed by atoms with van der Waals surface area (Å²) in [5.74, 6) is -0.208. The molecule has 6 heteroatoms. The fourth-order valence-corrected chi connectivity index (χ4v) is 3.91. The minimum atomic E-state index is -3.56. The first-order valence-corrected chi connectivity index (χ1v) is 9.44. The van der Waals surface area contributed by atoms with Crippen LogP contribution in [0.25, 0.3) is 0 Å². The SMILES string of the molecule is COC(=O)CCCCCc1cccn1S(=O)(=O)c1ccc(C)cc1. The van der Waals surface area contributed by atoms with Gasteiger partial charge in [-0.25, -0.2) is 12.4 Å². The molecule has 0 saturated carbocycles. The third-order valence-electron chi connectivity index (χ3n) is 3.91. The van der Waals surface area contributed by atoms with Crippen LogP contribution in [0, 0.1) is 6.92 Å². The number of aromatic nitrogens is 1. The number of methoxy groups -OCH3 is 1. The third-order valence-corrected chi connectivity index (χ3v) is 5.65. The van der Waals surface area contributed by atoms with Gasteiger partial charge in [0.1, 0.15) is 0 Å². The van der Waals surface area contributed by atoms with Crippen molar-refractivity contribution in [2.24, 2.45) is 0 Å². The van der Waals surface area contributed by atoms with E-state index in [1.54, 1.807) is 36.5 Å². The van der Waals surface area contributed by atoms with Crippen molar-refractivity contribution < 1.29 is 17.9 Å². The zero-order valence-electron chi connectivity index (χ0n) is 14.1. The van der Waals surface area contributed by atoms with Gasteiger partial charge in [-0.2, -0.15) is 0 Å². The molecule has 0 N–H and O–H groups in total. The van der Waals surface area contributed by atoms with E-state index >= 15 is 0 Å². The van der Waals surface area contributed by atoms with Crippen molar-refractivity contribution >= 4 is 16.0 Å². The first-order chi connectivity index (χ1) is 11.4. The average molecular weight is 349 g/mol. The number of carbonyl (C=O) groups excluding carboxylic acids is 1. The van der Waals surface area contributed by atoms with Crippen LogP contribution in [0.5, 0.6) is 0 Å². The van der Waals surface area contributed by atoms with Crippen molar-refractivity contribution in [3.63, 3.8) is 0 Å². The van der Waals surface area contributed by atoms with Crippen LogP contribution in [-0.4, -0.2) is 25.5 Å². The van der Waals surface area contributed by atoms with Gasteiger partial charge in [0.25, 0.3) is 10.0 Å². The summed E-state index contributed by atoms with van der Waals surface area (Å²) in [6.07, 6.45) is 5.06. The molecule has 0 fully saturated rings. The van der Waals surface area contributed by atoms with E-state index in [1.165, 1.54) is 11.1 Å². The summed E-state index contributed by atoms with van der Waals surface area (Å²) in [5, 5.41) is 0. The molecule has 0 aliphatic rings. The Balaban J connectivity index is 2.01. The van der Waals surface area contributed by atoms with Crippen LogP contribution in [0.2, 0.25) is 0 Å². The third kappa shape index (κ3) is 4.47. The Morgan fingerprint density at radius 2 is 1.79 bits per heavy atom. The highest BCUT2D eigenvalue weighted by atomic mass is 32.2. The molecule has 5 nitrogen and oxygen atoms in total. The molecule has 2 rings (SSSR count). The maximum absolute atomic E-state index is 12.7. The number of ether oxygens (including phenoxy) is 1. The van der Waals surface area contributed by atoms with E-state index in [4.69, 9.17) is 0 Å². The number of benzene rings is 1. The van der Waals surface area contributed by atoms with Crippen LogP contribution in [0.4, 0.5) is 0 Å². The molecule has 0 atom stereocenters. The molecular weight excluding hydrogens is 326 g/mol. The highest BCUT2D eigenvalue weighted by Crippen LogP contribution is 2.19. The van der Waals surface area contributed by atoms with Gasteiger partial charge in [-0.1, -0.05) is 24.1 Å². The molecule has 0 aliphatic carbocycles. The quantitative estimate of drug-likeness (QED) is 0.542. The molecule has 1 aromatic heterocycles. The monoisotopic (exact) mass is 349 g/mol. The predicted octanol–water partition coefficient (Wildman–Crippen LogP) is 3.31. The second-order valence-electron chi connectivity index (χ2n) is 5.75. The molecule has 1 aromatic carbocycles. The summed E-state index contributed by atoms with van der Waals surface area (Å²) >= 11 is 0. The van der Waals surface area contributed by atoms with Gasteiger partial charge in [0.15, 0.2) is 0 Å². The molecule has 24 heavy (non-hydrogen) atoms. The maximum atomic E-state index is 12.7. The minimum Gasteiger partial charge on any atom is -0.469 e. The lowest BCUT2D eigenvalue weighted by atomic mass is 10.1. The lowest BCUT2D eigenvalue weighted by Crippen LogP contribution is -2.14. The lowest BCUT2D eigenvalue weighted by Gasteiger charge is -2.11. The van der Waals surface area contributed by atoms with E-state index in [9.17, 15) is 13.2 Å². The van der Waals surface area contributed by atoms with Crippen LogP contribution in [0.15, 0.2) is 47.5 Å². The van der Waals surface area contributed by atoms with Gasteiger partial charge in [-0.15, -0.1) is 0 Å². The lowest BCUT2D eigenvalue weighted by molar-refractivity contribution is -0.140. The molecular formula is C18H23NO4S. The molecule has 0 radical (unpaired) electrons. The number of unbranched alkanes of at least 4 members (excludes halogenated alkanes) is 2. The normalized spacial score (nSPS) is 11.4. The van der Waals surface area contributed by atoms with E-state index in [2.05, 4.69) is 4.74 Å². The number of nitrogens with zero attached hydrogens (tertiary/aromatic N) is 1. The largest absolute Gasteiger partial charge is 0.469 e. The zero-order valence-corrected chi connectivity index (χ0v) is 14.9. The Bertz CT molecular complexity index is 776. The van der Waals surface area contributed by atoms with Crippen molar-refractivity contribution in [3.8, 4) is 0 Å². The van der Waals surface area contributed by atoms with Crippen molar-refractivity contribution in [1.29, 1.82) is 0 Å². The molecule has 0 saturated heterocycles. The smallest absolute Gasteiger partial charge is 0.305 e. The van der Waals surface area contributed by atoms with Crippen molar-refractivity contribution in [3.05, 3.63) is 53.9 Å². The molecule has 0 amide bonds. The van der Waals surface area contributed by atoms with Crippen molar-refractivity contribution in [2.45, 2.75) is 43.9 Å². The Morgan fingerprint density at radius 3 is 2.46 bits per heavy atom. The number of hydrogen-bond acceptors (Lipinski definition) is 4. The summed E-state index contributed by atoms with van der Waals surface area (Å²) in [4.78, 5) is 11.4. The Hall–Kier alpha value is -2.08.